The third-order valence-corrected chi connectivity index (χ3v) is 4.23. The molecule has 4 aromatic rings. The van der Waals surface area contributed by atoms with Crippen molar-refractivity contribution >= 4 is 22.7 Å². The molecule has 0 atom stereocenters. The number of rotatable bonds is 4. The smallest absolute Gasteiger partial charge is 0.179 e. The van der Waals surface area contributed by atoms with Gasteiger partial charge in [-0.2, -0.15) is 0 Å². The molecule has 0 aliphatic rings. The lowest BCUT2D eigenvalue weighted by Crippen LogP contribution is -2.03. The van der Waals surface area contributed by atoms with Crippen LogP contribution in [-0.2, 0) is 7.05 Å². The molecule has 0 amide bonds. The van der Waals surface area contributed by atoms with Crippen LogP contribution in [0.15, 0.2) is 37.1 Å². The predicted molar refractivity (Wildman–Crippen MR) is 100 cm³/mol. The van der Waals surface area contributed by atoms with Crippen LogP contribution in [0.2, 0.25) is 0 Å². The topological polar surface area (TPSA) is 86.3 Å². The van der Waals surface area contributed by atoms with Crippen molar-refractivity contribution in [2.24, 2.45) is 7.05 Å². The van der Waals surface area contributed by atoms with Crippen LogP contribution in [0.5, 0.6) is 0 Å². The van der Waals surface area contributed by atoms with Gasteiger partial charge in [0, 0.05) is 25.4 Å². The first-order valence-electron chi connectivity index (χ1n) is 8.44. The van der Waals surface area contributed by atoms with Crippen molar-refractivity contribution in [2.45, 2.75) is 26.8 Å². The largest absolute Gasteiger partial charge is 0.331 e. The summed E-state index contributed by atoms with van der Waals surface area (Å²) >= 11 is 0. The fraction of sp³-hybridized carbons (Fsp3) is 0.278. The van der Waals surface area contributed by atoms with Gasteiger partial charge in [0.05, 0.1) is 24.2 Å². The Kier molecular flexibility index (Phi) is 3.87. The molecule has 1 N–H and O–H groups in total. The van der Waals surface area contributed by atoms with E-state index in [0.717, 1.165) is 22.6 Å². The second-order valence-electron chi connectivity index (χ2n) is 6.46. The minimum Gasteiger partial charge on any atom is -0.331 e. The van der Waals surface area contributed by atoms with Gasteiger partial charge in [-0.1, -0.05) is 0 Å². The van der Waals surface area contributed by atoms with Crippen LogP contribution in [0.1, 0.15) is 25.7 Å². The number of fused-ring (bicyclic) bond motifs is 1. The van der Waals surface area contributed by atoms with Crippen LogP contribution in [0.25, 0.3) is 22.6 Å². The summed E-state index contributed by atoms with van der Waals surface area (Å²) in [5.41, 5.74) is 2.79. The summed E-state index contributed by atoms with van der Waals surface area (Å²) in [6, 6.07) is 4.14. The number of nitrogens with one attached hydrogen (secondary N) is 1. The molecule has 4 heterocycles. The van der Waals surface area contributed by atoms with Crippen LogP contribution in [0.3, 0.4) is 0 Å². The van der Waals surface area contributed by atoms with E-state index in [0.29, 0.717) is 23.5 Å². The van der Waals surface area contributed by atoms with E-state index in [9.17, 15) is 0 Å². The number of imidazole rings is 2. The second kappa shape index (κ2) is 6.21. The van der Waals surface area contributed by atoms with Crippen LogP contribution >= 0.6 is 0 Å². The van der Waals surface area contributed by atoms with Gasteiger partial charge in [0.25, 0.3) is 0 Å². The van der Waals surface area contributed by atoms with Crippen molar-refractivity contribution in [3.63, 3.8) is 0 Å². The molecule has 0 bridgehead atoms. The Morgan fingerprint density at radius 2 is 1.92 bits per heavy atom. The third kappa shape index (κ3) is 2.79. The highest BCUT2D eigenvalue weighted by Gasteiger charge is 2.12. The van der Waals surface area contributed by atoms with Gasteiger partial charge < -0.3 is 14.5 Å². The number of hydrogen-bond acceptors (Lipinski definition) is 6. The Morgan fingerprint density at radius 3 is 2.65 bits per heavy atom. The Labute approximate surface area is 151 Å². The molecule has 4 rings (SSSR count). The van der Waals surface area contributed by atoms with Gasteiger partial charge >= 0.3 is 0 Å². The van der Waals surface area contributed by atoms with Crippen molar-refractivity contribution in [3.05, 3.63) is 42.9 Å². The van der Waals surface area contributed by atoms with Crippen molar-refractivity contribution in [3.8, 4) is 11.5 Å². The molecule has 8 nitrogen and oxygen atoms in total. The van der Waals surface area contributed by atoms with E-state index in [2.05, 4.69) is 48.7 Å². The van der Waals surface area contributed by atoms with Crippen molar-refractivity contribution < 1.29 is 0 Å². The number of anilines is 2. The van der Waals surface area contributed by atoms with Crippen LogP contribution < -0.4 is 5.32 Å². The Morgan fingerprint density at radius 1 is 1.08 bits per heavy atom. The molecule has 0 unspecified atom stereocenters. The maximum Gasteiger partial charge on any atom is 0.179 e. The van der Waals surface area contributed by atoms with Gasteiger partial charge in [0.15, 0.2) is 5.82 Å². The van der Waals surface area contributed by atoms with Crippen molar-refractivity contribution in [2.75, 3.05) is 5.32 Å². The molecule has 0 saturated carbocycles. The van der Waals surface area contributed by atoms with Crippen molar-refractivity contribution in [1.29, 1.82) is 0 Å². The second-order valence-corrected chi connectivity index (χ2v) is 6.46. The average Bonchev–Trinajstić information content (AvgIpc) is 3.17. The first kappa shape index (κ1) is 16.2. The predicted octanol–water partition coefficient (Wildman–Crippen LogP) is 3.25. The molecule has 132 valence electrons. The molecule has 0 saturated heterocycles. The summed E-state index contributed by atoms with van der Waals surface area (Å²) in [5, 5.41) is 3.26. The number of pyridine rings is 1. The molecular formula is C18H20N8. The normalized spacial score (nSPS) is 11.4. The maximum atomic E-state index is 4.58. The zero-order valence-corrected chi connectivity index (χ0v) is 15.2. The molecule has 0 aliphatic carbocycles. The van der Waals surface area contributed by atoms with Gasteiger partial charge in [-0.05, 0) is 26.8 Å². The van der Waals surface area contributed by atoms with E-state index in [1.807, 2.05) is 30.7 Å². The minimum absolute atomic E-state index is 0.325. The van der Waals surface area contributed by atoms with Gasteiger partial charge in [0.1, 0.15) is 28.7 Å². The van der Waals surface area contributed by atoms with Crippen LogP contribution in [0.4, 0.5) is 11.6 Å². The molecule has 4 aromatic heterocycles. The van der Waals surface area contributed by atoms with E-state index in [1.54, 1.807) is 24.9 Å². The number of aryl methyl sites for hydroxylation is 2. The summed E-state index contributed by atoms with van der Waals surface area (Å²) in [7, 11) is 1.91. The van der Waals surface area contributed by atoms with Crippen LogP contribution in [0, 0.1) is 6.92 Å². The fourth-order valence-electron chi connectivity index (χ4n) is 3.09. The molecule has 0 radical (unpaired) electrons. The van der Waals surface area contributed by atoms with E-state index in [4.69, 9.17) is 0 Å². The highest BCUT2D eigenvalue weighted by Crippen LogP contribution is 2.24. The fourth-order valence-corrected chi connectivity index (χ4v) is 3.09. The molecule has 0 aliphatic heterocycles. The van der Waals surface area contributed by atoms with E-state index >= 15 is 0 Å². The molecule has 26 heavy (non-hydrogen) atoms. The molecule has 0 fully saturated rings. The highest BCUT2D eigenvalue weighted by atomic mass is 15.1. The van der Waals surface area contributed by atoms with Gasteiger partial charge in [-0.15, -0.1) is 0 Å². The quantitative estimate of drug-likeness (QED) is 0.609. The lowest BCUT2D eigenvalue weighted by atomic mass is 10.3. The van der Waals surface area contributed by atoms with E-state index < -0.39 is 0 Å². The Hall–Kier alpha value is -3.29. The third-order valence-electron chi connectivity index (χ3n) is 4.23. The summed E-state index contributed by atoms with van der Waals surface area (Å²) in [5.74, 6) is 2.98. The summed E-state index contributed by atoms with van der Waals surface area (Å²) < 4.78 is 4.08. The van der Waals surface area contributed by atoms with E-state index in [1.165, 1.54) is 0 Å². The maximum absolute atomic E-state index is 4.58. The zero-order chi connectivity index (χ0) is 18.3. The summed E-state index contributed by atoms with van der Waals surface area (Å²) in [4.78, 5) is 22.1. The number of hydrogen-bond donors (Lipinski definition) is 1. The standard InChI is InChI=1S/C18H20N8/c1-11(2)26-12(3)22-13-8-21-17(7-14(13)26)23-16-5-6-20-18(24-16)15-9-19-10-25(15)4/h5-11H,1-4H3,(H,20,21,23,24). The average molecular weight is 348 g/mol. The Balaban J connectivity index is 1.69. The minimum atomic E-state index is 0.325. The first-order chi connectivity index (χ1) is 12.5. The summed E-state index contributed by atoms with van der Waals surface area (Å²) in [6.07, 6.45) is 6.97. The van der Waals surface area contributed by atoms with E-state index in [-0.39, 0.29) is 0 Å². The SMILES string of the molecule is Cc1nc2cnc(Nc3ccnc(-c4cncn4C)n3)cc2n1C(C)C. The number of aromatic nitrogens is 7. The highest BCUT2D eigenvalue weighted by molar-refractivity contribution is 5.79. The molecule has 8 heteroatoms. The Bertz CT molecular complexity index is 1080. The lowest BCUT2D eigenvalue weighted by molar-refractivity contribution is 0.600. The van der Waals surface area contributed by atoms with Crippen molar-refractivity contribution in [1.82, 2.24) is 34.1 Å². The van der Waals surface area contributed by atoms with Crippen LogP contribution in [-0.4, -0.2) is 34.1 Å². The van der Waals surface area contributed by atoms with Gasteiger partial charge in [-0.3, -0.25) is 0 Å². The zero-order valence-electron chi connectivity index (χ0n) is 15.2. The molecular weight excluding hydrogens is 328 g/mol. The first-order valence-corrected chi connectivity index (χ1v) is 8.44. The molecule has 0 aromatic carbocycles. The molecule has 0 spiro atoms. The van der Waals surface area contributed by atoms with Gasteiger partial charge in [-0.25, -0.2) is 24.9 Å². The number of nitrogens with zero attached hydrogens (tertiary/aromatic N) is 7. The monoisotopic (exact) mass is 348 g/mol. The summed E-state index contributed by atoms with van der Waals surface area (Å²) in [6.45, 7) is 6.30. The van der Waals surface area contributed by atoms with Gasteiger partial charge in [0.2, 0.25) is 0 Å². The lowest BCUT2D eigenvalue weighted by Gasteiger charge is -2.11.